The zero-order chi connectivity index (χ0) is 24.3. The van der Waals surface area contributed by atoms with Gasteiger partial charge in [0.1, 0.15) is 17.0 Å². The first-order valence-corrected chi connectivity index (χ1v) is 12.6. The monoisotopic (exact) mass is 463 g/mol. The lowest BCUT2D eigenvalue weighted by molar-refractivity contribution is -0.144. The van der Waals surface area contributed by atoms with Crippen LogP contribution in [0.1, 0.15) is 70.4 Å². The average molecular weight is 464 g/mol. The molecule has 1 atom stereocenters. The van der Waals surface area contributed by atoms with Gasteiger partial charge in [-0.15, -0.1) is 0 Å². The molecule has 0 heterocycles. The number of benzene rings is 2. The fraction of sp³-hybridized carbons (Fsp3) is 0.517. The molecule has 182 valence electrons. The van der Waals surface area contributed by atoms with E-state index in [0.717, 1.165) is 61.8 Å². The van der Waals surface area contributed by atoms with Crippen LogP contribution >= 0.6 is 0 Å². The first kappa shape index (κ1) is 24.5. The van der Waals surface area contributed by atoms with E-state index in [2.05, 4.69) is 25.2 Å². The van der Waals surface area contributed by atoms with Gasteiger partial charge in [0.05, 0.1) is 6.10 Å². The third-order valence-corrected chi connectivity index (χ3v) is 8.10. The first-order valence-electron chi connectivity index (χ1n) is 12.6. The predicted molar refractivity (Wildman–Crippen MR) is 133 cm³/mol. The molecule has 2 aliphatic carbocycles. The maximum Gasteiger partial charge on any atom is 0.217 e. The SMILES string of the molecule is CCC(CC)C(=O)C1(NC(C)=O)c2cc(Oc3ccccc3)ccc2CC12CCC(OC)CC2. The molecule has 4 rings (SSSR count). The molecule has 1 saturated carbocycles. The zero-order valence-corrected chi connectivity index (χ0v) is 20.9. The number of carbonyl (C=O) groups excluding carboxylic acids is 2. The molecule has 34 heavy (non-hydrogen) atoms. The number of Topliss-reactive ketones (excluding diaryl/α,β-unsaturated/α-hetero) is 1. The standard InChI is InChI=1S/C29H37NO4/c1-5-21(6-2)27(32)29(30-20(3)31)26-18-25(34-24-10-8-7-9-11-24)13-12-22(26)19-28(29)16-14-23(33-4)15-17-28/h7-13,18,21,23H,5-6,14-17,19H2,1-4H3,(H,30,31). The molecule has 2 aromatic carbocycles. The summed E-state index contributed by atoms with van der Waals surface area (Å²) in [6.07, 6.45) is 5.92. The van der Waals surface area contributed by atoms with Crippen molar-refractivity contribution in [2.75, 3.05) is 7.11 Å². The molecule has 2 aromatic rings. The van der Waals surface area contributed by atoms with Crippen LogP contribution in [0.15, 0.2) is 48.5 Å². The molecule has 0 radical (unpaired) electrons. The summed E-state index contributed by atoms with van der Waals surface area (Å²) in [5.74, 6) is 1.27. The van der Waals surface area contributed by atoms with E-state index < -0.39 is 5.54 Å². The van der Waals surface area contributed by atoms with Crippen molar-refractivity contribution in [3.63, 3.8) is 0 Å². The highest BCUT2D eigenvalue weighted by molar-refractivity contribution is 5.97. The minimum atomic E-state index is -1.06. The molecule has 1 amide bonds. The van der Waals surface area contributed by atoms with Crippen LogP contribution in [0.4, 0.5) is 0 Å². The lowest BCUT2D eigenvalue weighted by atomic mass is 9.58. The van der Waals surface area contributed by atoms with Gasteiger partial charge < -0.3 is 14.8 Å². The van der Waals surface area contributed by atoms with Gasteiger partial charge in [0.2, 0.25) is 5.91 Å². The molecular weight excluding hydrogens is 426 g/mol. The van der Waals surface area contributed by atoms with E-state index in [9.17, 15) is 9.59 Å². The maximum atomic E-state index is 14.4. The fourth-order valence-corrected chi connectivity index (χ4v) is 6.35. The third-order valence-electron chi connectivity index (χ3n) is 8.10. The van der Waals surface area contributed by atoms with E-state index in [1.165, 1.54) is 6.92 Å². The van der Waals surface area contributed by atoms with E-state index in [1.54, 1.807) is 7.11 Å². The van der Waals surface area contributed by atoms with Gasteiger partial charge >= 0.3 is 0 Å². The number of rotatable bonds is 8. The molecule has 2 aliphatic rings. The highest BCUT2D eigenvalue weighted by Crippen LogP contribution is 2.59. The van der Waals surface area contributed by atoms with Gasteiger partial charge in [-0.2, -0.15) is 0 Å². The van der Waals surface area contributed by atoms with E-state index >= 15 is 0 Å². The van der Waals surface area contributed by atoms with Crippen molar-refractivity contribution in [2.24, 2.45) is 11.3 Å². The number of hydrogen-bond acceptors (Lipinski definition) is 4. The number of ether oxygens (including phenoxy) is 2. The summed E-state index contributed by atoms with van der Waals surface area (Å²) in [4.78, 5) is 27.2. The van der Waals surface area contributed by atoms with Crippen LogP contribution in [0.5, 0.6) is 11.5 Å². The second-order valence-corrected chi connectivity index (χ2v) is 9.94. The Hall–Kier alpha value is -2.66. The van der Waals surface area contributed by atoms with Gasteiger partial charge in [-0.3, -0.25) is 9.59 Å². The molecule has 0 bridgehead atoms. The van der Waals surface area contributed by atoms with Gasteiger partial charge in [0.25, 0.3) is 0 Å². The number of nitrogens with one attached hydrogen (secondary N) is 1. The van der Waals surface area contributed by atoms with Crippen molar-refractivity contribution in [1.82, 2.24) is 5.32 Å². The summed E-state index contributed by atoms with van der Waals surface area (Å²) in [6, 6.07) is 15.7. The number of hydrogen-bond donors (Lipinski definition) is 1. The summed E-state index contributed by atoms with van der Waals surface area (Å²) in [5, 5.41) is 3.26. The Kier molecular flexibility index (Phi) is 7.13. The van der Waals surface area contributed by atoms with Gasteiger partial charge in [-0.1, -0.05) is 38.1 Å². The summed E-state index contributed by atoms with van der Waals surface area (Å²) in [7, 11) is 1.76. The summed E-state index contributed by atoms with van der Waals surface area (Å²) in [5.41, 5.74) is 0.619. The molecule has 1 N–H and O–H groups in total. The highest BCUT2D eigenvalue weighted by Gasteiger charge is 2.63. The topological polar surface area (TPSA) is 64.6 Å². The molecule has 5 heteroatoms. The van der Waals surface area contributed by atoms with E-state index in [4.69, 9.17) is 9.47 Å². The predicted octanol–water partition coefficient (Wildman–Crippen LogP) is 5.95. The van der Waals surface area contributed by atoms with Gasteiger partial charge in [-0.05, 0) is 80.3 Å². The van der Waals surface area contributed by atoms with Crippen LogP contribution < -0.4 is 10.1 Å². The van der Waals surface area contributed by atoms with Crippen LogP contribution in [0.3, 0.4) is 0 Å². The first-order chi connectivity index (χ1) is 16.4. The summed E-state index contributed by atoms with van der Waals surface area (Å²) >= 11 is 0. The van der Waals surface area contributed by atoms with Crippen LogP contribution in [0, 0.1) is 11.3 Å². The molecule has 1 fully saturated rings. The van der Waals surface area contributed by atoms with Gasteiger partial charge in [0, 0.05) is 25.4 Å². The number of methoxy groups -OCH3 is 1. The minimum Gasteiger partial charge on any atom is -0.457 e. The van der Waals surface area contributed by atoms with Crippen LogP contribution in [0.25, 0.3) is 0 Å². The number of ketones is 1. The highest BCUT2D eigenvalue weighted by atomic mass is 16.5. The Morgan fingerprint density at radius 2 is 1.71 bits per heavy atom. The normalized spacial score (nSPS) is 25.9. The number of amides is 1. The van der Waals surface area contributed by atoms with Crippen molar-refractivity contribution in [1.29, 1.82) is 0 Å². The molecule has 0 saturated heterocycles. The van der Waals surface area contributed by atoms with Crippen molar-refractivity contribution >= 4 is 11.7 Å². The van der Waals surface area contributed by atoms with Crippen LogP contribution in [0.2, 0.25) is 0 Å². The molecular formula is C29H37NO4. The van der Waals surface area contributed by atoms with E-state index in [0.29, 0.717) is 5.75 Å². The summed E-state index contributed by atoms with van der Waals surface area (Å²) in [6.45, 7) is 5.65. The summed E-state index contributed by atoms with van der Waals surface area (Å²) < 4.78 is 11.8. The van der Waals surface area contributed by atoms with Crippen LogP contribution in [-0.2, 0) is 26.3 Å². The Balaban J connectivity index is 1.86. The minimum absolute atomic E-state index is 0.117. The number of para-hydroxylation sites is 1. The molecule has 5 nitrogen and oxygen atoms in total. The fourth-order valence-electron chi connectivity index (χ4n) is 6.35. The number of carbonyl (C=O) groups is 2. The second kappa shape index (κ2) is 9.91. The second-order valence-electron chi connectivity index (χ2n) is 9.94. The third kappa shape index (κ3) is 4.15. The smallest absolute Gasteiger partial charge is 0.217 e. The molecule has 1 spiro atoms. The number of fused-ring (bicyclic) bond motifs is 1. The Morgan fingerprint density at radius 3 is 2.29 bits per heavy atom. The Bertz CT molecular complexity index is 1020. The Morgan fingerprint density at radius 1 is 1.03 bits per heavy atom. The largest absolute Gasteiger partial charge is 0.457 e. The van der Waals surface area contributed by atoms with Crippen LogP contribution in [-0.4, -0.2) is 24.9 Å². The van der Waals surface area contributed by atoms with Gasteiger partial charge in [-0.25, -0.2) is 0 Å². The zero-order valence-electron chi connectivity index (χ0n) is 20.9. The molecule has 0 aromatic heterocycles. The molecule has 1 unspecified atom stereocenters. The lowest BCUT2D eigenvalue weighted by Gasteiger charge is -2.50. The Labute approximate surface area is 203 Å². The quantitative estimate of drug-likeness (QED) is 0.526. The van der Waals surface area contributed by atoms with Crippen molar-refractivity contribution in [2.45, 2.75) is 77.4 Å². The average Bonchev–Trinajstić information content (AvgIpc) is 3.09. The van der Waals surface area contributed by atoms with E-state index in [-0.39, 0.29) is 29.1 Å². The van der Waals surface area contributed by atoms with Crippen molar-refractivity contribution < 1.29 is 19.1 Å². The lowest BCUT2D eigenvalue weighted by Crippen LogP contribution is -2.62. The van der Waals surface area contributed by atoms with E-state index in [1.807, 2.05) is 42.5 Å². The van der Waals surface area contributed by atoms with Gasteiger partial charge in [0.15, 0.2) is 5.78 Å². The maximum absolute atomic E-state index is 14.4. The molecule has 0 aliphatic heterocycles. The van der Waals surface area contributed by atoms with Crippen molar-refractivity contribution in [3.05, 3.63) is 59.7 Å². The van der Waals surface area contributed by atoms with Crippen molar-refractivity contribution in [3.8, 4) is 11.5 Å².